The summed E-state index contributed by atoms with van der Waals surface area (Å²) in [4.78, 5) is 29.3. The van der Waals surface area contributed by atoms with E-state index in [-0.39, 0.29) is 29.2 Å². The van der Waals surface area contributed by atoms with Crippen LogP contribution in [0.1, 0.15) is 33.7 Å². The van der Waals surface area contributed by atoms with Crippen LogP contribution in [0.5, 0.6) is 5.75 Å². The van der Waals surface area contributed by atoms with Gasteiger partial charge in [-0.3, -0.25) is 9.59 Å². The average Bonchev–Trinajstić information content (AvgIpc) is 3.20. The number of ether oxygens (including phenoxy) is 1. The second-order valence-electron chi connectivity index (χ2n) is 4.66. The van der Waals surface area contributed by atoms with Gasteiger partial charge in [-0.25, -0.2) is 4.98 Å². The molecule has 0 spiro atoms. The van der Waals surface area contributed by atoms with Gasteiger partial charge in [-0.1, -0.05) is 0 Å². The fourth-order valence-electron chi connectivity index (χ4n) is 1.59. The zero-order valence-electron chi connectivity index (χ0n) is 11.3. The van der Waals surface area contributed by atoms with E-state index in [1.807, 2.05) is 0 Å². The maximum absolute atomic E-state index is 12.1. The van der Waals surface area contributed by atoms with E-state index in [2.05, 4.69) is 10.3 Å². The summed E-state index contributed by atoms with van der Waals surface area (Å²) in [5, 5.41) is 2.48. The second-order valence-corrected chi connectivity index (χ2v) is 4.66. The van der Waals surface area contributed by atoms with Crippen molar-refractivity contribution >= 4 is 11.8 Å². The van der Waals surface area contributed by atoms with Crippen LogP contribution in [0, 0.1) is 0 Å². The van der Waals surface area contributed by atoms with Crippen LogP contribution in [0.3, 0.4) is 0 Å². The zero-order valence-corrected chi connectivity index (χ0v) is 11.3. The Labute approximate surface area is 111 Å². The van der Waals surface area contributed by atoms with Crippen molar-refractivity contribution in [3.63, 3.8) is 0 Å². The van der Waals surface area contributed by atoms with Crippen LogP contribution in [-0.2, 0) is 0 Å². The van der Waals surface area contributed by atoms with Crippen molar-refractivity contribution in [3.8, 4) is 5.75 Å². The molecule has 1 saturated carbocycles. The maximum Gasteiger partial charge on any atom is 0.270 e. The summed E-state index contributed by atoms with van der Waals surface area (Å²) in [5.41, 5.74) is 0.367. The lowest BCUT2D eigenvalue weighted by molar-refractivity contribution is 0.0817. The normalized spacial score (nSPS) is 13.8. The molecule has 1 aliphatic carbocycles. The highest BCUT2D eigenvalue weighted by molar-refractivity contribution is 6.05. The largest absolute Gasteiger partial charge is 0.489 e. The Balaban J connectivity index is 2.36. The Morgan fingerprint density at radius 1 is 1.42 bits per heavy atom. The molecule has 1 aromatic rings. The Bertz CT molecular complexity index is 510. The Morgan fingerprint density at radius 3 is 2.63 bits per heavy atom. The molecule has 0 unspecified atom stereocenters. The summed E-state index contributed by atoms with van der Waals surface area (Å²) in [5.74, 6) is -0.129. The van der Waals surface area contributed by atoms with Crippen LogP contribution < -0.4 is 10.1 Å². The van der Waals surface area contributed by atoms with E-state index in [1.54, 1.807) is 20.2 Å². The van der Waals surface area contributed by atoms with Crippen molar-refractivity contribution in [1.82, 2.24) is 15.2 Å². The predicted molar refractivity (Wildman–Crippen MR) is 69.3 cm³/mol. The predicted octanol–water partition coefficient (Wildman–Crippen LogP) is 0.684. The Hall–Kier alpha value is -2.11. The first-order chi connectivity index (χ1) is 9.02. The number of hydrogen-bond donors (Lipinski definition) is 1. The number of nitrogens with one attached hydrogen (secondary N) is 1. The third kappa shape index (κ3) is 3.01. The zero-order chi connectivity index (χ0) is 14.0. The van der Waals surface area contributed by atoms with Gasteiger partial charge in [0.05, 0.1) is 17.9 Å². The van der Waals surface area contributed by atoms with Crippen LogP contribution in [0.15, 0.2) is 12.3 Å². The summed E-state index contributed by atoms with van der Waals surface area (Å²) < 4.78 is 5.60. The molecule has 1 aromatic heterocycles. The summed E-state index contributed by atoms with van der Waals surface area (Å²) >= 11 is 0. The van der Waals surface area contributed by atoms with E-state index in [1.165, 1.54) is 18.1 Å². The number of carbonyl (C=O) groups is 2. The van der Waals surface area contributed by atoms with E-state index in [9.17, 15) is 9.59 Å². The highest BCUT2D eigenvalue weighted by Crippen LogP contribution is 2.27. The summed E-state index contributed by atoms with van der Waals surface area (Å²) in [6.45, 7) is 0. The number of nitrogens with zero attached hydrogens (tertiary/aromatic N) is 2. The van der Waals surface area contributed by atoms with E-state index in [0.717, 1.165) is 12.8 Å². The average molecular weight is 263 g/mol. The minimum atomic E-state index is -0.386. The van der Waals surface area contributed by atoms with Crippen LogP contribution >= 0.6 is 0 Å². The van der Waals surface area contributed by atoms with Crippen molar-refractivity contribution in [2.75, 3.05) is 21.1 Å². The lowest BCUT2D eigenvalue weighted by atomic mass is 10.1. The molecule has 0 atom stereocenters. The molecule has 2 rings (SSSR count). The van der Waals surface area contributed by atoms with Crippen LogP contribution in [-0.4, -0.2) is 48.9 Å². The van der Waals surface area contributed by atoms with E-state index in [0.29, 0.717) is 5.75 Å². The number of carbonyl (C=O) groups excluding carboxylic acids is 2. The third-order valence-corrected chi connectivity index (χ3v) is 2.77. The van der Waals surface area contributed by atoms with Gasteiger partial charge in [0.2, 0.25) is 0 Å². The molecular formula is C13H17N3O3. The van der Waals surface area contributed by atoms with Gasteiger partial charge < -0.3 is 15.0 Å². The topological polar surface area (TPSA) is 71.5 Å². The lowest BCUT2D eigenvalue weighted by Crippen LogP contribution is -2.28. The smallest absolute Gasteiger partial charge is 0.270 e. The van der Waals surface area contributed by atoms with Crippen LogP contribution in [0.2, 0.25) is 0 Å². The highest BCUT2D eigenvalue weighted by Gasteiger charge is 2.25. The Morgan fingerprint density at radius 2 is 2.11 bits per heavy atom. The highest BCUT2D eigenvalue weighted by atomic mass is 16.5. The minimum absolute atomic E-state index is 0.115. The molecule has 19 heavy (non-hydrogen) atoms. The molecule has 0 bridgehead atoms. The summed E-state index contributed by atoms with van der Waals surface area (Å²) in [6, 6.07) is 1.58. The number of pyridine rings is 1. The van der Waals surface area contributed by atoms with E-state index in [4.69, 9.17) is 4.74 Å². The van der Waals surface area contributed by atoms with Gasteiger partial charge in [0.1, 0.15) is 11.4 Å². The monoisotopic (exact) mass is 263 g/mol. The number of hydrogen-bond acceptors (Lipinski definition) is 4. The molecule has 102 valence electrons. The molecule has 0 radical (unpaired) electrons. The second kappa shape index (κ2) is 5.26. The van der Waals surface area contributed by atoms with Gasteiger partial charge in [-0.15, -0.1) is 0 Å². The third-order valence-electron chi connectivity index (χ3n) is 2.77. The molecule has 0 aliphatic heterocycles. The molecule has 6 nitrogen and oxygen atoms in total. The first-order valence-electron chi connectivity index (χ1n) is 6.13. The fraction of sp³-hybridized carbons (Fsp3) is 0.462. The van der Waals surface area contributed by atoms with E-state index >= 15 is 0 Å². The Kier molecular flexibility index (Phi) is 3.69. The molecule has 0 saturated heterocycles. The number of rotatable bonds is 4. The van der Waals surface area contributed by atoms with Crippen LogP contribution in [0.4, 0.5) is 0 Å². The summed E-state index contributed by atoms with van der Waals surface area (Å²) in [6.07, 6.45) is 3.74. The summed E-state index contributed by atoms with van der Waals surface area (Å²) in [7, 11) is 4.76. The number of amides is 2. The standard InChI is InChI=1S/C13H17N3O3/c1-14-12(17)11-10(13(18)16(2)3)6-9(7-15-11)19-8-4-5-8/h6-8H,4-5H2,1-3H3,(H,14,17). The van der Waals surface area contributed by atoms with Crippen LogP contribution in [0.25, 0.3) is 0 Å². The quantitative estimate of drug-likeness (QED) is 0.867. The van der Waals surface area contributed by atoms with Crippen molar-refractivity contribution in [1.29, 1.82) is 0 Å². The van der Waals surface area contributed by atoms with Crippen molar-refractivity contribution in [2.45, 2.75) is 18.9 Å². The van der Waals surface area contributed by atoms with Gasteiger partial charge in [-0.2, -0.15) is 0 Å². The molecule has 1 heterocycles. The minimum Gasteiger partial charge on any atom is -0.489 e. The van der Waals surface area contributed by atoms with Gasteiger partial charge in [0.15, 0.2) is 0 Å². The molecule has 6 heteroatoms. The van der Waals surface area contributed by atoms with Gasteiger partial charge >= 0.3 is 0 Å². The first kappa shape index (κ1) is 13.3. The van der Waals surface area contributed by atoms with Gasteiger partial charge in [-0.05, 0) is 18.9 Å². The SMILES string of the molecule is CNC(=O)c1ncc(OC2CC2)cc1C(=O)N(C)C. The first-order valence-corrected chi connectivity index (χ1v) is 6.13. The van der Waals surface area contributed by atoms with Gasteiger partial charge in [0, 0.05) is 21.1 Å². The fourth-order valence-corrected chi connectivity index (χ4v) is 1.59. The van der Waals surface area contributed by atoms with E-state index < -0.39 is 0 Å². The molecule has 1 fully saturated rings. The van der Waals surface area contributed by atoms with Crippen molar-refractivity contribution in [2.24, 2.45) is 0 Å². The van der Waals surface area contributed by atoms with Crippen molar-refractivity contribution in [3.05, 3.63) is 23.5 Å². The maximum atomic E-state index is 12.1. The molecule has 1 aliphatic rings. The lowest BCUT2D eigenvalue weighted by Gasteiger charge is -2.14. The molecule has 0 aromatic carbocycles. The molecular weight excluding hydrogens is 246 g/mol. The van der Waals surface area contributed by atoms with Crippen molar-refractivity contribution < 1.29 is 14.3 Å². The molecule has 1 N–H and O–H groups in total. The number of aromatic nitrogens is 1. The molecule has 2 amide bonds. The van der Waals surface area contributed by atoms with Gasteiger partial charge in [0.25, 0.3) is 11.8 Å².